The number of hydrogen-bond acceptors (Lipinski definition) is 3. The van der Waals surface area contributed by atoms with Gasteiger partial charge in [-0.25, -0.2) is 13.1 Å². The van der Waals surface area contributed by atoms with Crippen molar-refractivity contribution in [3.63, 3.8) is 0 Å². The predicted octanol–water partition coefficient (Wildman–Crippen LogP) is -0.165. The number of hydrogen-bond donors (Lipinski definition) is 1. The van der Waals surface area contributed by atoms with Gasteiger partial charge in [-0.15, -0.1) is 0 Å². The second-order valence-electron chi connectivity index (χ2n) is 1.88. The zero-order valence-electron chi connectivity index (χ0n) is 5.42. The van der Waals surface area contributed by atoms with Crippen molar-refractivity contribution in [3.8, 4) is 0 Å². The molecule has 0 fully saturated rings. The van der Waals surface area contributed by atoms with Gasteiger partial charge in [0.15, 0.2) is 10.3 Å². The summed E-state index contributed by atoms with van der Waals surface area (Å²) in [6.07, 6.45) is 0.626. The van der Waals surface area contributed by atoms with E-state index in [1.807, 2.05) is 4.72 Å². The van der Waals surface area contributed by atoms with Crippen LogP contribution in [0.1, 0.15) is 20.3 Å². The van der Waals surface area contributed by atoms with Crippen molar-refractivity contribution in [2.24, 2.45) is 0 Å². The van der Waals surface area contributed by atoms with Gasteiger partial charge in [0.1, 0.15) is 0 Å². The molecule has 0 aliphatic rings. The summed E-state index contributed by atoms with van der Waals surface area (Å²) in [6.45, 7) is 3.43. The average Bonchev–Trinajstić information content (AvgIpc) is 1.62. The van der Waals surface area contributed by atoms with E-state index in [-0.39, 0.29) is 6.04 Å². The first-order valence-electron chi connectivity index (χ1n) is 2.69. The molecule has 0 aliphatic carbocycles. The maximum absolute atomic E-state index is 9.93. The molecule has 0 saturated carbocycles. The molecule has 0 spiro atoms. The number of rotatable bonds is 3. The van der Waals surface area contributed by atoms with Crippen molar-refractivity contribution in [1.29, 1.82) is 0 Å². The monoisotopic (exact) mass is 152 g/mol. The summed E-state index contributed by atoms with van der Waals surface area (Å²) in [4.78, 5) is 0. The van der Waals surface area contributed by atoms with Crippen LogP contribution in [0.3, 0.4) is 0 Å². The third-order valence-corrected chi connectivity index (χ3v) is 1.65. The quantitative estimate of drug-likeness (QED) is 0.571. The summed E-state index contributed by atoms with van der Waals surface area (Å²) in [7, 11) is -4.24. The van der Waals surface area contributed by atoms with Crippen LogP contribution in [-0.2, 0) is 10.3 Å². The largest absolute Gasteiger partial charge is 0.735 e. The van der Waals surface area contributed by atoms with E-state index in [0.29, 0.717) is 6.42 Å². The Bertz CT molecular complexity index is 163. The molecule has 0 amide bonds. The molecule has 0 aromatic carbocycles. The Kier molecular flexibility index (Phi) is 3.10. The van der Waals surface area contributed by atoms with Crippen molar-refractivity contribution in [3.05, 3.63) is 0 Å². The van der Waals surface area contributed by atoms with Crippen LogP contribution in [0.15, 0.2) is 0 Å². The molecule has 0 heterocycles. The molecule has 0 aromatic rings. The Hall–Kier alpha value is -0.130. The minimum absolute atomic E-state index is 0.257. The molecule has 9 heavy (non-hydrogen) atoms. The third kappa shape index (κ3) is 5.75. The number of nitrogens with one attached hydrogen (secondary N) is 1. The van der Waals surface area contributed by atoms with Gasteiger partial charge < -0.3 is 4.55 Å². The van der Waals surface area contributed by atoms with Crippen LogP contribution in [0, 0.1) is 0 Å². The molecule has 0 rings (SSSR count). The van der Waals surface area contributed by atoms with Gasteiger partial charge in [0.2, 0.25) is 0 Å². The molecule has 4 nitrogen and oxygen atoms in total. The van der Waals surface area contributed by atoms with Crippen molar-refractivity contribution < 1.29 is 13.0 Å². The van der Waals surface area contributed by atoms with E-state index in [1.165, 1.54) is 0 Å². The first kappa shape index (κ1) is 8.87. The van der Waals surface area contributed by atoms with E-state index in [1.54, 1.807) is 13.8 Å². The lowest BCUT2D eigenvalue weighted by molar-refractivity contribution is 0.436. The summed E-state index contributed by atoms with van der Waals surface area (Å²) in [5.41, 5.74) is 0. The van der Waals surface area contributed by atoms with Crippen LogP contribution < -0.4 is 4.72 Å². The zero-order chi connectivity index (χ0) is 7.49. The standard InChI is InChI=1S/C4H11NO3S/c1-3-4(2)5-9(6,7)8/h4-5H,3H2,1-2H3,(H,6,7,8)/p-1. The van der Waals surface area contributed by atoms with Crippen molar-refractivity contribution in [2.45, 2.75) is 26.3 Å². The maximum atomic E-state index is 9.93. The van der Waals surface area contributed by atoms with Crippen molar-refractivity contribution in [2.75, 3.05) is 0 Å². The lowest BCUT2D eigenvalue weighted by Gasteiger charge is -2.13. The minimum atomic E-state index is -4.24. The first-order valence-corrected chi connectivity index (χ1v) is 4.09. The molecular formula is C4H10NO3S-. The Morgan fingerprint density at radius 2 is 2.11 bits per heavy atom. The van der Waals surface area contributed by atoms with Crippen LogP contribution >= 0.6 is 0 Å². The van der Waals surface area contributed by atoms with E-state index in [0.717, 1.165) is 0 Å². The van der Waals surface area contributed by atoms with Gasteiger partial charge in [-0.05, 0) is 13.3 Å². The Morgan fingerprint density at radius 3 is 2.22 bits per heavy atom. The molecular weight excluding hydrogens is 142 g/mol. The van der Waals surface area contributed by atoms with Crippen LogP contribution in [0.4, 0.5) is 0 Å². The SMILES string of the molecule is CCC(C)NS(=O)(=O)[O-]. The Labute approximate surface area is 55.1 Å². The van der Waals surface area contributed by atoms with Gasteiger partial charge in [0, 0.05) is 6.04 Å². The highest BCUT2D eigenvalue weighted by atomic mass is 32.2. The molecule has 0 bridgehead atoms. The maximum Gasteiger partial charge on any atom is 0.159 e. The van der Waals surface area contributed by atoms with Crippen LogP contribution in [-0.4, -0.2) is 19.0 Å². The molecule has 0 aromatic heterocycles. The topological polar surface area (TPSA) is 69.2 Å². The highest BCUT2D eigenvalue weighted by Gasteiger charge is 1.99. The summed E-state index contributed by atoms with van der Waals surface area (Å²) >= 11 is 0. The Balaban J connectivity index is 3.75. The van der Waals surface area contributed by atoms with Gasteiger partial charge in [-0.3, -0.25) is 0 Å². The molecule has 56 valence electrons. The van der Waals surface area contributed by atoms with Crippen LogP contribution in [0.5, 0.6) is 0 Å². The highest BCUT2D eigenvalue weighted by Crippen LogP contribution is 1.88. The second kappa shape index (κ2) is 3.14. The van der Waals surface area contributed by atoms with Crippen LogP contribution in [0.2, 0.25) is 0 Å². The second-order valence-corrected chi connectivity index (χ2v) is 3.03. The summed E-state index contributed by atoms with van der Waals surface area (Å²) < 4.78 is 31.7. The van der Waals surface area contributed by atoms with Gasteiger partial charge >= 0.3 is 0 Å². The lowest BCUT2D eigenvalue weighted by Crippen LogP contribution is -2.31. The van der Waals surface area contributed by atoms with Gasteiger partial charge in [-0.1, -0.05) is 6.92 Å². The van der Waals surface area contributed by atoms with Crippen LogP contribution in [0.25, 0.3) is 0 Å². The molecule has 1 atom stereocenters. The molecule has 0 aliphatic heterocycles. The van der Waals surface area contributed by atoms with E-state index in [2.05, 4.69) is 0 Å². The summed E-state index contributed by atoms with van der Waals surface area (Å²) in [5, 5.41) is 0. The molecule has 0 saturated heterocycles. The Morgan fingerprint density at radius 1 is 1.67 bits per heavy atom. The summed E-state index contributed by atoms with van der Waals surface area (Å²) in [6, 6.07) is -0.257. The van der Waals surface area contributed by atoms with Crippen molar-refractivity contribution in [1.82, 2.24) is 4.72 Å². The highest BCUT2D eigenvalue weighted by molar-refractivity contribution is 7.83. The average molecular weight is 152 g/mol. The van der Waals surface area contributed by atoms with Crippen molar-refractivity contribution >= 4 is 10.3 Å². The first-order chi connectivity index (χ1) is 3.95. The third-order valence-electron chi connectivity index (χ3n) is 0.958. The fraction of sp³-hybridized carbons (Fsp3) is 1.00. The van der Waals surface area contributed by atoms with E-state index in [9.17, 15) is 13.0 Å². The molecule has 1 N–H and O–H groups in total. The predicted molar refractivity (Wildman–Crippen MR) is 32.6 cm³/mol. The smallest absolute Gasteiger partial charge is 0.159 e. The normalized spacial score (nSPS) is 15.4. The van der Waals surface area contributed by atoms with Gasteiger partial charge in [-0.2, -0.15) is 0 Å². The van der Waals surface area contributed by atoms with E-state index < -0.39 is 10.3 Å². The molecule has 1 unspecified atom stereocenters. The lowest BCUT2D eigenvalue weighted by atomic mass is 10.3. The van der Waals surface area contributed by atoms with E-state index >= 15 is 0 Å². The fourth-order valence-electron chi connectivity index (χ4n) is 0.330. The zero-order valence-corrected chi connectivity index (χ0v) is 6.23. The molecule has 5 heteroatoms. The molecule has 0 radical (unpaired) electrons. The van der Waals surface area contributed by atoms with Gasteiger partial charge in [0.05, 0.1) is 0 Å². The van der Waals surface area contributed by atoms with Gasteiger partial charge in [0.25, 0.3) is 0 Å². The fourth-order valence-corrected chi connectivity index (χ4v) is 0.989. The van der Waals surface area contributed by atoms with E-state index in [4.69, 9.17) is 0 Å². The minimum Gasteiger partial charge on any atom is -0.735 e. The summed E-state index contributed by atoms with van der Waals surface area (Å²) in [5.74, 6) is 0.